The molecule has 1 N–H and O–H groups in total. The first kappa shape index (κ1) is 10.3. The van der Waals surface area contributed by atoms with Crippen LogP contribution in [0.25, 0.3) is 10.6 Å². The number of hydrogen-bond donors (Lipinski definition) is 1. The molecule has 0 aliphatic heterocycles. The van der Waals surface area contributed by atoms with E-state index in [1.54, 1.807) is 17.5 Å². The van der Waals surface area contributed by atoms with E-state index in [-0.39, 0.29) is 0 Å². The predicted molar refractivity (Wildman–Crippen MR) is 62.8 cm³/mol. The molecule has 15 heavy (non-hydrogen) atoms. The lowest BCUT2D eigenvalue weighted by Gasteiger charge is -1.93. The van der Waals surface area contributed by atoms with Crippen molar-refractivity contribution in [3.8, 4) is 10.6 Å². The van der Waals surface area contributed by atoms with Crippen molar-refractivity contribution < 1.29 is 0 Å². The highest BCUT2D eigenvalue weighted by Crippen LogP contribution is 2.26. The predicted octanol–water partition coefficient (Wildman–Crippen LogP) is 2.23. The summed E-state index contributed by atoms with van der Waals surface area (Å²) in [6, 6.07) is 3.97. The highest BCUT2D eigenvalue weighted by Gasteiger charge is 2.08. The van der Waals surface area contributed by atoms with Crippen LogP contribution < -0.4 is 5.32 Å². The summed E-state index contributed by atoms with van der Waals surface area (Å²) in [5.74, 6) is 0. The molecule has 0 saturated carbocycles. The Hall–Kier alpha value is -1.26. The summed E-state index contributed by atoms with van der Waals surface area (Å²) < 4.78 is 0. The summed E-state index contributed by atoms with van der Waals surface area (Å²) in [4.78, 5) is 9.92. The second-order valence-corrected chi connectivity index (χ2v) is 4.38. The SMILES string of the molecule is CNCc1sc(-c2cccnc2)nc1C. The number of aryl methyl sites for hydroxylation is 1. The molecule has 0 saturated heterocycles. The zero-order chi connectivity index (χ0) is 10.7. The van der Waals surface area contributed by atoms with Crippen LogP contribution in [0, 0.1) is 6.92 Å². The normalized spacial score (nSPS) is 10.5. The van der Waals surface area contributed by atoms with Gasteiger partial charge in [0.15, 0.2) is 0 Å². The smallest absolute Gasteiger partial charge is 0.125 e. The molecule has 0 amide bonds. The van der Waals surface area contributed by atoms with Gasteiger partial charge in [-0.2, -0.15) is 0 Å². The van der Waals surface area contributed by atoms with Crippen LogP contribution in [0.5, 0.6) is 0 Å². The average Bonchev–Trinajstić information content (AvgIpc) is 2.63. The quantitative estimate of drug-likeness (QED) is 0.860. The lowest BCUT2D eigenvalue weighted by Crippen LogP contribution is -2.04. The zero-order valence-corrected chi connectivity index (χ0v) is 9.64. The second-order valence-electron chi connectivity index (χ2n) is 3.30. The Morgan fingerprint density at radius 2 is 2.33 bits per heavy atom. The van der Waals surface area contributed by atoms with Crippen molar-refractivity contribution in [2.75, 3.05) is 7.05 Å². The van der Waals surface area contributed by atoms with Gasteiger partial charge in [-0.25, -0.2) is 4.98 Å². The second kappa shape index (κ2) is 4.51. The van der Waals surface area contributed by atoms with Gasteiger partial charge in [-0.15, -0.1) is 11.3 Å². The maximum absolute atomic E-state index is 4.54. The third-order valence-electron chi connectivity index (χ3n) is 2.14. The lowest BCUT2D eigenvalue weighted by atomic mass is 10.3. The van der Waals surface area contributed by atoms with Crippen LogP contribution >= 0.6 is 11.3 Å². The molecule has 2 rings (SSSR count). The number of hydrogen-bond acceptors (Lipinski definition) is 4. The summed E-state index contributed by atoms with van der Waals surface area (Å²) >= 11 is 1.72. The zero-order valence-electron chi connectivity index (χ0n) is 8.82. The topological polar surface area (TPSA) is 37.8 Å². The van der Waals surface area contributed by atoms with E-state index >= 15 is 0 Å². The Bertz CT molecular complexity index is 436. The summed E-state index contributed by atoms with van der Waals surface area (Å²) in [6.07, 6.45) is 3.62. The maximum Gasteiger partial charge on any atom is 0.125 e. The summed E-state index contributed by atoms with van der Waals surface area (Å²) in [5, 5.41) is 4.19. The summed E-state index contributed by atoms with van der Waals surface area (Å²) in [6.45, 7) is 2.92. The van der Waals surface area contributed by atoms with Gasteiger partial charge < -0.3 is 5.32 Å². The number of rotatable bonds is 3. The molecule has 0 fully saturated rings. The van der Waals surface area contributed by atoms with E-state index in [0.717, 1.165) is 22.8 Å². The number of nitrogens with zero attached hydrogens (tertiary/aromatic N) is 2. The first-order valence-electron chi connectivity index (χ1n) is 4.82. The third-order valence-corrected chi connectivity index (χ3v) is 3.34. The molecule has 2 heterocycles. The molecule has 0 aliphatic rings. The Kier molecular flexibility index (Phi) is 3.08. The molecule has 0 aromatic carbocycles. The van der Waals surface area contributed by atoms with Crippen molar-refractivity contribution in [2.24, 2.45) is 0 Å². The Morgan fingerprint density at radius 1 is 1.47 bits per heavy atom. The number of thiazole rings is 1. The van der Waals surface area contributed by atoms with Gasteiger partial charge in [0.25, 0.3) is 0 Å². The standard InChI is InChI=1S/C11H13N3S/c1-8-10(7-12-2)15-11(14-8)9-4-3-5-13-6-9/h3-6,12H,7H2,1-2H3. The van der Waals surface area contributed by atoms with Crippen molar-refractivity contribution >= 4 is 11.3 Å². The minimum Gasteiger partial charge on any atom is -0.315 e. The highest BCUT2D eigenvalue weighted by molar-refractivity contribution is 7.15. The number of nitrogens with one attached hydrogen (secondary N) is 1. The largest absolute Gasteiger partial charge is 0.315 e. The van der Waals surface area contributed by atoms with E-state index in [1.807, 2.05) is 32.3 Å². The van der Waals surface area contributed by atoms with Gasteiger partial charge in [0.2, 0.25) is 0 Å². The minimum absolute atomic E-state index is 0.879. The van der Waals surface area contributed by atoms with Crippen molar-refractivity contribution in [3.63, 3.8) is 0 Å². The van der Waals surface area contributed by atoms with Crippen LogP contribution in [0.15, 0.2) is 24.5 Å². The highest BCUT2D eigenvalue weighted by atomic mass is 32.1. The van der Waals surface area contributed by atoms with Crippen molar-refractivity contribution in [1.29, 1.82) is 0 Å². The van der Waals surface area contributed by atoms with Gasteiger partial charge in [0.1, 0.15) is 5.01 Å². The molecule has 4 heteroatoms. The average molecular weight is 219 g/mol. The molecule has 2 aromatic rings. The summed E-state index contributed by atoms with van der Waals surface area (Å²) in [7, 11) is 1.95. The van der Waals surface area contributed by atoms with Crippen LogP contribution in [-0.2, 0) is 6.54 Å². The van der Waals surface area contributed by atoms with E-state index in [0.29, 0.717) is 0 Å². The third kappa shape index (κ3) is 2.22. The fraction of sp³-hybridized carbons (Fsp3) is 0.273. The minimum atomic E-state index is 0.879. The van der Waals surface area contributed by atoms with Gasteiger partial charge in [-0.1, -0.05) is 0 Å². The van der Waals surface area contributed by atoms with Gasteiger partial charge in [0.05, 0.1) is 5.69 Å². The molecule has 0 unspecified atom stereocenters. The van der Waals surface area contributed by atoms with Crippen LogP contribution in [-0.4, -0.2) is 17.0 Å². The van der Waals surface area contributed by atoms with E-state index in [4.69, 9.17) is 0 Å². The molecule has 0 spiro atoms. The van der Waals surface area contributed by atoms with Crippen molar-refractivity contribution in [1.82, 2.24) is 15.3 Å². The molecule has 3 nitrogen and oxygen atoms in total. The van der Waals surface area contributed by atoms with E-state index < -0.39 is 0 Å². The van der Waals surface area contributed by atoms with Crippen molar-refractivity contribution in [2.45, 2.75) is 13.5 Å². The van der Waals surface area contributed by atoms with Crippen LogP contribution in [0.1, 0.15) is 10.6 Å². The Balaban J connectivity index is 2.34. The van der Waals surface area contributed by atoms with E-state index in [2.05, 4.69) is 15.3 Å². The Labute approximate surface area is 93.2 Å². The Morgan fingerprint density at radius 3 is 3.00 bits per heavy atom. The molecule has 0 bridgehead atoms. The molecular weight excluding hydrogens is 206 g/mol. The molecule has 0 aliphatic carbocycles. The van der Waals surface area contributed by atoms with Gasteiger partial charge in [0, 0.05) is 29.4 Å². The fourth-order valence-corrected chi connectivity index (χ4v) is 2.43. The first-order valence-corrected chi connectivity index (χ1v) is 5.64. The van der Waals surface area contributed by atoms with E-state index in [9.17, 15) is 0 Å². The first-order chi connectivity index (χ1) is 7.31. The molecule has 2 aromatic heterocycles. The molecular formula is C11H13N3S. The van der Waals surface area contributed by atoms with Gasteiger partial charge >= 0.3 is 0 Å². The molecule has 0 atom stereocenters. The van der Waals surface area contributed by atoms with Crippen molar-refractivity contribution in [3.05, 3.63) is 35.1 Å². The lowest BCUT2D eigenvalue weighted by molar-refractivity contribution is 0.823. The molecule has 78 valence electrons. The number of pyridine rings is 1. The summed E-state index contributed by atoms with van der Waals surface area (Å²) in [5.41, 5.74) is 2.20. The number of aromatic nitrogens is 2. The van der Waals surface area contributed by atoms with E-state index in [1.165, 1.54) is 4.88 Å². The van der Waals surface area contributed by atoms with Crippen LogP contribution in [0.2, 0.25) is 0 Å². The van der Waals surface area contributed by atoms with Gasteiger partial charge in [-0.05, 0) is 26.1 Å². The van der Waals surface area contributed by atoms with Crippen LogP contribution in [0.3, 0.4) is 0 Å². The van der Waals surface area contributed by atoms with Gasteiger partial charge in [-0.3, -0.25) is 4.98 Å². The monoisotopic (exact) mass is 219 g/mol. The maximum atomic E-state index is 4.54. The molecule has 0 radical (unpaired) electrons. The fourth-order valence-electron chi connectivity index (χ4n) is 1.37. The van der Waals surface area contributed by atoms with Crippen LogP contribution in [0.4, 0.5) is 0 Å².